The Kier molecular flexibility index (Phi) is 3.35. The minimum atomic E-state index is 0.948. The fourth-order valence-electron chi connectivity index (χ4n) is 2.79. The van der Waals surface area contributed by atoms with Crippen molar-refractivity contribution in [2.45, 2.75) is 17.8 Å². The van der Waals surface area contributed by atoms with E-state index in [-0.39, 0.29) is 0 Å². The zero-order valence-corrected chi connectivity index (χ0v) is 13.2. The molecule has 0 saturated heterocycles. The lowest BCUT2D eigenvalue weighted by Gasteiger charge is -2.03. The van der Waals surface area contributed by atoms with Gasteiger partial charge in [0.15, 0.2) is 11.0 Å². The van der Waals surface area contributed by atoms with E-state index in [0.717, 1.165) is 16.4 Å². The number of hydrogen-bond acceptors (Lipinski definition) is 1. The molecule has 0 aliphatic rings. The molecule has 1 heterocycles. The molecular formula is C19H17N2S+. The van der Waals surface area contributed by atoms with E-state index in [1.807, 2.05) is 11.8 Å². The van der Waals surface area contributed by atoms with Crippen LogP contribution < -0.4 is 4.98 Å². The van der Waals surface area contributed by atoms with Crippen LogP contribution in [0.15, 0.2) is 65.8 Å². The number of hydrogen-bond donors (Lipinski definition) is 1. The summed E-state index contributed by atoms with van der Waals surface area (Å²) in [6, 6.07) is 21.5. The zero-order chi connectivity index (χ0) is 14.9. The summed E-state index contributed by atoms with van der Waals surface area (Å²) < 4.78 is 0. The highest BCUT2D eigenvalue weighted by molar-refractivity contribution is 7.98. The lowest BCUT2D eigenvalue weighted by molar-refractivity contribution is -0.396. The highest BCUT2D eigenvalue weighted by Crippen LogP contribution is 2.25. The van der Waals surface area contributed by atoms with Gasteiger partial charge in [0.25, 0.3) is 0 Å². The first-order valence-electron chi connectivity index (χ1n) is 7.41. The quantitative estimate of drug-likeness (QED) is 0.545. The van der Waals surface area contributed by atoms with Crippen molar-refractivity contribution in [3.63, 3.8) is 0 Å². The summed E-state index contributed by atoms with van der Waals surface area (Å²) in [7, 11) is 0. The van der Waals surface area contributed by atoms with Crippen molar-refractivity contribution in [2.75, 3.05) is 0 Å². The lowest BCUT2D eigenvalue weighted by Crippen LogP contribution is -2.01. The number of rotatable bonds is 3. The standard InChI is InChI=1S/C19H16N2S/c1-13-9-10-17-18(11-13)21-19(20-17)22-12-15-7-4-6-14-5-2-3-8-16(14)15/h2-11H,12H2,1H3,(H,20,21)/p+1. The smallest absolute Gasteiger partial charge is 0.231 e. The normalized spacial score (nSPS) is 11.3. The first-order valence-corrected chi connectivity index (χ1v) is 8.39. The van der Waals surface area contributed by atoms with E-state index >= 15 is 0 Å². The van der Waals surface area contributed by atoms with E-state index in [1.165, 1.54) is 27.4 Å². The van der Waals surface area contributed by atoms with Crippen molar-refractivity contribution in [3.8, 4) is 0 Å². The number of imidazole rings is 1. The van der Waals surface area contributed by atoms with Crippen LogP contribution in [0.2, 0.25) is 0 Å². The lowest BCUT2D eigenvalue weighted by atomic mass is 10.1. The van der Waals surface area contributed by atoms with Crippen molar-refractivity contribution >= 4 is 33.6 Å². The van der Waals surface area contributed by atoms with Crippen molar-refractivity contribution in [1.82, 2.24) is 4.98 Å². The largest absolute Gasteiger partial charge is 0.314 e. The van der Waals surface area contributed by atoms with Crippen LogP contribution in [0, 0.1) is 6.92 Å². The Balaban J connectivity index is 1.62. The highest BCUT2D eigenvalue weighted by atomic mass is 32.2. The number of fused-ring (bicyclic) bond motifs is 2. The SMILES string of the molecule is Cc1ccc2[nH+]c(SCc3cccc4ccccc34)[nH]c2c1. The summed E-state index contributed by atoms with van der Waals surface area (Å²) >= 11 is 1.81. The summed E-state index contributed by atoms with van der Waals surface area (Å²) in [6.07, 6.45) is 0. The third-order valence-electron chi connectivity index (χ3n) is 3.92. The molecule has 0 aliphatic carbocycles. The molecule has 0 radical (unpaired) electrons. The number of aromatic amines is 2. The second-order valence-corrected chi connectivity index (χ2v) is 6.54. The van der Waals surface area contributed by atoms with Gasteiger partial charge in [0.1, 0.15) is 0 Å². The number of thioether (sulfide) groups is 1. The van der Waals surface area contributed by atoms with Crippen LogP contribution >= 0.6 is 11.8 Å². The minimum Gasteiger partial charge on any atom is -0.231 e. The van der Waals surface area contributed by atoms with Crippen LogP contribution in [0.25, 0.3) is 21.8 Å². The number of aryl methyl sites for hydroxylation is 1. The van der Waals surface area contributed by atoms with Crippen LogP contribution in [-0.2, 0) is 5.75 Å². The van der Waals surface area contributed by atoms with Gasteiger partial charge >= 0.3 is 5.16 Å². The third kappa shape index (κ3) is 2.48. The topological polar surface area (TPSA) is 29.9 Å². The average Bonchev–Trinajstić information content (AvgIpc) is 2.95. The Morgan fingerprint density at radius 3 is 2.82 bits per heavy atom. The van der Waals surface area contributed by atoms with Crippen LogP contribution in [0.5, 0.6) is 0 Å². The maximum absolute atomic E-state index is 3.46. The summed E-state index contributed by atoms with van der Waals surface area (Å²) in [5.74, 6) is 0.948. The monoisotopic (exact) mass is 305 g/mol. The number of H-pyrrole nitrogens is 2. The second kappa shape index (κ2) is 5.50. The molecule has 0 fully saturated rings. The van der Waals surface area contributed by atoms with Crippen molar-refractivity contribution in [3.05, 3.63) is 71.8 Å². The minimum absolute atomic E-state index is 0.948. The fourth-order valence-corrected chi connectivity index (χ4v) is 3.70. The molecule has 4 rings (SSSR count). The van der Waals surface area contributed by atoms with Gasteiger partial charge in [-0.3, -0.25) is 0 Å². The Labute approximate surface area is 133 Å². The highest BCUT2D eigenvalue weighted by Gasteiger charge is 2.11. The zero-order valence-electron chi connectivity index (χ0n) is 12.4. The van der Waals surface area contributed by atoms with E-state index < -0.39 is 0 Å². The van der Waals surface area contributed by atoms with Gasteiger partial charge in [-0.1, -0.05) is 48.5 Å². The van der Waals surface area contributed by atoms with Gasteiger partial charge in [0.2, 0.25) is 0 Å². The molecule has 22 heavy (non-hydrogen) atoms. The second-order valence-electron chi connectivity index (χ2n) is 5.56. The van der Waals surface area contributed by atoms with Gasteiger partial charge in [0.05, 0.1) is 0 Å². The molecule has 0 unspecified atom stereocenters. The number of benzene rings is 3. The molecule has 108 valence electrons. The van der Waals surface area contributed by atoms with E-state index in [9.17, 15) is 0 Å². The first-order chi connectivity index (χ1) is 10.8. The molecule has 0 saturated carbocycles. The van der Waals surface area contributed by atoms with Crippen molar-refractivity contribution in [2.24, 2.45) is 0 Å². The molecule has 2 nitrogen and oxygen atoms in total. The molecule has 3 heteroatoms. The maximum atomic E-state index is 3.46. The van der Waals surface area contributed by atoms with E-state index in [0.29, 0.717) is 0 Å². The molecular weight excluding hydrogens is 288 g/mol. The van der Waals surface area contributed by atoms with Crippen LogP contribution in [0.1, 0.15) is 11.1 Å². The summed E-state index contributed by atoms with van der Waals surface area (Å²) in [4.78, 5) is 6.91. The molecule has 0 bridgehead atoms. The van der Waals surface area contributed by atoms with Gasteiger partial charge in [0, 0.05) is 5.75 Å². The van der Waals surface area contributed by atoms with Crippen LogP contribution in [0.4, 0.5) is 0 Å². The maximum Gasteiger partial charge on any atom is 0.314 e. The van der Waals surface area contributed by atoms with E-state index in [2.05, 4.69) is 77.6 Å². The summed E-state index contributed by atoms with van der Waals surface area (Å²) in [5, 5.41) is 3.75. The number of nitrogens with one attached hydrogen (secondary N) is 2. The fraction of sp³-hybridized carbons (Fsp3) is 0.105. The molecule has 2 N–H and O–H groups in total. The van der Waals surface area contributed by atoms with Crippen molar-refractivity contribution < 1.29 is 4.98 Å². The molecule has 4 aromatic rings. The summed E-state index contributed by atoms with van der Waals surface area (Å²) in [6.45, 7) is 2.11. The van der Waals surface area contributed by atoms with Crippen LogP contribution in [-0.4, -0.2) is 4.98 Å². The Hall–Kier alpha value is -2.26. The van der Waals surface area contributed by atoms with Gasteiger partial charge < -0.3 is 0 Å². The molecule has 0 amide bonds. The van der Waals surface area contributed by atoms with Crippen LogP contribution in [0.3, 0.4) is 0 Å². The Bertz CT molecular complexity index is 951. The van der Waals surface area contributed by atoms with E-state index in [4.69, 9.17) is 0 Å². The third-order valence-corrected chi connectivity index (χ3v) is 4.87. The molecule has 0 spiro atoms. The summed E-state index contributed by atoms with van der Waals surface area (Å²) in [5.41, 5.74) is 4.96. The molecule has 0 aliphatic heterocycles. The molecule has 3 aromatic carbocycles. The van der Waals surface area contributed by atoms with Gasteiger partial charge in [-0.15, -0.1) is 0 Å². The van der Waals surface area contributed by atoms with Crippen molar-refractivity contribution in [1.29, 1.82) is 0 Å². The predicted molar refractivity (Wildman–Crippen MR) is 93.1 cm³/mol. The predicted octanol–water partition coefficient (Wildman–Crippen LogP) is 4.74. The Morgan fingerprint density at radius 1 is 1.00 bits per heavy atom. The molecule has 1 aromatic heterocycles. The van der Waals surface area contributed by atoms with Gasteiger partial charge in [-0.05, 0) is 52.7 Å². The van der Waals surface area contributed by atoms with Gasteiger partial charge in [-0.2, -0.15) is 0 Å². The average molecular weight is 305 g/mol. The first kappa shape index (κ1) is 13.4. The molecule has 0 atom stereocenters. The van der Waals surface area contributed by atoms with Gasteiger partial charge in [-0.25, -0.2) is 9.97 Å². The van der Waals surface area contributed by atoms with E-state index in [1.54, 1.807) is 0 Å². The Morgan fingerprint density at radius 2 is 1.86 bits per heavy atom. The number of aromatic nitrogens is 2.